The molecule has 118 valence electrons. The number of likely N-dealkylation sites (tertiary alicyclic amines) is 1. The van der Waals surface area contributed by atoms with Crippen LogP contribution >= 0.6 is 0 Å². The van der Waals surface area contributed by atoms with E-state index in [0.29, 0.717) is 6.04 Å². The Hall–Kier alpha value is -0.770. The maximum absolute atomic E-state index is 4.78. The van der Waals surface area contributed by atoms with E-state index in [1.54, 1.807) is 0 Å². The standard InChI is InChI=1S/C16H34N4/c1-5-7-10-18-16(17-6-2)19-12-15-9-8-11-20(15)13-14(3)4/h14-15H,5-13H2,1-4H3,(H2,17,18,19)/t15-/m1/s1. The smallest absolute Gasteiger partial charge is 0.191 e. The highest BCUT2D eigenvalue weighted by molar-refractivity contribution is 5.79. The van der Waals surface area contributed by atoms with Gasteiger partial charge >= 0.3 is 0 Å². The summed E-state index contributed by atoms with van der Waals surface area (Å²) < 4.78 is 0. The lowest BCUT2D eigenvalue weighted by Crippen LogP contribution is -2.40. The average molecular weight is 282 g/mol. The van der Waals surface area contributed by atoms with E-state index in [9.17, 15) is 0 Å². The molecule has 4 nitrogen and oxygen atoms in total. The number of unbranched alkanes of at least 4 members (excludes halogenated alkanes) is 1. The SMILES string of the molecule is CCCCNC(=NC[C@H]1CCCN1CC(C)C)NCC. The molecule has 0 spiro atoms. The molecule has 0 unspecified atom stereocenters. The van der Waals surface area contributed by atoms with Crippen molar-refractivity contribution in [2.75, 3.05) is 32.7 Å². The summed E-state index contributed by atoms with van der Waals surface area (Å²) in [6, 6.07) is 0.638. The summed E-state index contributed by atoms with van der Waals surface area (Å²) in [5.41, 5.74) is 0. The van der Waals surface area contributed by atoms with Gasteiger partial charge in [0.05, 0.1) is 6.54 Å². The monoisotopic (exact) mass is 282 g/mol. The van der Waals surface area contributed by atoms with Gasteiger partial charge < -0.3 is 10.6 Å². The highest BCUT2D eigenvalue weighted by Gasteiger charge is 2.24. The van der Waals surface area contributed by atoms with Crippen molar-refractivity contribution in [3.05, 3.63) is 0 Å². The molecule has 1 aliphatic rings. The van der Waals surface area contributed by atoms with E-state index in [4.69, 9.17) is 4.99 Å². The summed E-state index contributed by atoms with van der Waals surface area (Å²) in [5, 5.41) is 6.76. The largest absolute Gasteiger partial charge is 0.357 e. The minimum atomic E-state index is 0.638. The van der Waals surface area contributed by atoms with Crippen molar-refractivity contribution in [1.82, 2.24) is 15.5 Å². The minimum absolute atomic E-state index is 0.638. The Morgan fingerprint density at radius 1 is 1.30 bits per heavy atom. The normalized spacial score (nSPS) is 20.6. The number of hydrogen-bond donors (Lipinski definition) is 2. The van der Waals surface area contributed by atoms with E-state index in [1.807, 2.05) is 0 Å². The summed E-state index contributed by atoms with van der Waals surface area (Å²) in [5.74, 6) is 1.73. The van der Waals surface area contributed by atoms with E-state index >= 15 is 0 Å². The number of guanidine groups is 1. The van der Waals surface area contributed by atoms with Crippen molar-refractivity contribution >= 4 is 5.96 Å². The summed E-state index contributed by atoms with van der Waals surface area (Å²) in [7, 11) is 0. The van der Waals surface area contributed by atoms with Crippen molar-refractivity contribution < 1.29 is 0 Å². The molecule has 1 heterocycles. The highest BCUT2D eigenvalue weighted by Crippen LogP contribution is 2.18. The van der Waals surface area contributed by atoms with Gasteiger partial charge in [0.15, 0.2) is 5.96 Å². The van der Waals surface area contributed by atoms with Gasteiger partial charge in [-0.1, -0.05) is 27.2 Å². The summed E-state index contributed by atoms with van der Waals surface area (Å²) in [6.45, 7) is 14.3. The van der Waals surface area contributed by atoms with Crippen LogP contribution in [0.1, 0.15) is 53.4 Å². The molecule has 0 aromatic carbocycles. The summed E-state index contributed by atoms with van der Waals surface area (Å²) in [6.07, 6.45) is 5.04. The molecular formula is C16H34N4. The number of nitrogens with one attached hydrogen (secondary N) is 2. The van der Waals surface area contributed by atoms with Crippen LogP contribution in [0.15, 0.2) is 4.99 Å². The Morgan fingerprint density at radius 3 is 2.75 bits per heavy atom. The highest BCUT2D eigenvalue weighted by atomic mass is 15.2. The predicted molar refractivity (Wildman–Crippen MR) is 88.3 cm³/mol. The van der Waals surface area contributed by atoms with Crippen LogP contribution in [0.4, 0.5) is 0 Å². The Labute approximate surface area is 125 Å². The molecule has 1 fully saturated rings. The molecule has 0 aromatic rings. The molecule has 20 heavy (non-hydrogen) atoms. The zero-order valence-electron chi connectivity index (χ0n) is 13.9. The van der Waals surface area contributed by atoms with Crippen LogP contribution in [0.2, 0.25) is 0 Å². The van der Waals surface area contributed by atoms with Crippen LogP contribution < -0.4 is 10.6 Å². The molecule has 0 amide bonds. The fourth-order valence-electron chi connectivity index (χ4n) is 2.73. The lowest BCUT2D eigenvalue weighted by molar-refractivity contribution is 0.231. The summed E-state index contributed by atoms with van der Waals surface area (Å²) >= 11 is 0. The van der Waals surface area contributed by atoms with E-state index in [-0.39, 0.29) is 0 Å². The van der Waals surface area contributed by atoms with Gasteiger partial charge in [0, 0.05) is 25.7 Å². The number of nitrogens with zero attached hydrogens (tertiary/aromatic N) is 2. The lowest BCUT2D eigenvalue weighted by Gasteiger charge is -2.25. The molecule has 0 bridgehead atoms. The van der Waals surface area contributed by atoms with Crippen LogP contribution in [0.3, 0.4) is 0 Å². The maximum Gasteiger partial charge on any atom is 0.191 e. The van der Waals surface area contributed by atoms with Crippen molar-refractivity contribution in [2.24, 2.45) is 10.9 Å². The van der Waals surface area contributed by atoms with Crippen molar-refractivity contribution in [2.45, 2.75) is 59.4 Å². The second kappa shape index (κ2) is 10.0. The van der Waals surface area contributed by atoms with Crippen LogP contribution in [0.5, 0.6) is 0 Å². The molecule has 1 atom stereocenters. The Morgan fingerprint density at radius 2 is 2.10 bits per heavy atom. The predicted octanol–water partition coefficient (Wildman–Crippen LogP) is 2.46. The fourth-order valence-corrected chi connectivity index (χ4v) is 2.73. The van der Waals surface area contributed by atoms with Crippen molar-refractivity contribution in [1.29, 1.82) is 0 Å². The first-order chi connectivity index (χ1) is 9.67. The van der Waals surface area contributed by atoms with Crippen LogP contribution in [-0.2, 0) is 0 Å². The van der Waals surface area contributed by atoms with Crippen LogP contribution in [0, 0.1) is 5.92 Å². The molecule has 0 saturated carbocycles. The van der Waals surface area contributed by atoms with E-state index in [1.165, 1.54) is 38.8 Å². The van der Waals surface area contributed by atoms with Crippen LogP contribution in [-0.4, -0.2) is 49.6 Å². The second-order valence-corrected chi connectivity index (χ2v) is 6.18. The third kappa shape index (κ3) is 6.60. The van der Waals surface area contributed by atoms with Crippen LogP contribution in [0.25, 0.3) is 0 Å². The molecule has 4 heteroatoms. The van der Waals surface area contributed by atoms with Crippen molar-refractivity contribution in [3.63, 3.8) is 0 Å². The zero-order chi connectivity index (χ0) is 14.8. The molecule has 2 N–H and O–H groups in total. The number of hydrogen-bond acceptors (Lipinski definition) is 2. The minimum Gasteiger partial charge on any atom is -0.357 e. The average Bonchev–Trinajstić information content (AvgIpc) is 2.82. The van der Waals surface area contributed by atoms with Gasteiger partial charge in [0.2, 0.25) is 0 Å². The topological polar surface area (TPSA) is 39.7 Å². The van der Waals surface area contributed by atoms with Gasteiger partial charge in [-0.15, -0.1) is 0 Å². The van der Waals surface area contributed by atoms with Gasteiger partial charge in [-0.25, -0.2) is 0 Å². The van der Waals surface area contributed by atoms with E-state index < -0.39 is 0 Å². The Bertz CT molecular complexity index is 276. The van der Waals surface area contributed by atoms with Gasteiger partial charge in [-0.05, 0) is 38.6 Å². The first-order valence-electron chi connectivity index (χ1n) is 8.43. The first-order valence-corrected chi connectivity index (χ1v) is 8.43. The van der Waals surface area contributed by atoms with Gasteiger partial charge in [0.1, 0.15) is 0 Å². The molecule has 0 radical (unpaired) electrons. The molecular weight excluding hydrogens is 248 g/mol. The molecule has 1 saturated heterocycles. The third-order valence-electron chi connectivity index (χ3n) is 3.73. The van der Waals surface area contributed by atoms with E-state index in [2.05, 4.69) is 43.2 Å². The number of rotatable bonds is 8. The quantitative estimate of drug-likeness (QED) is 0.408. The zero-order valence-corrected chi connectivity index (χ0v) is 13.9. The summed E-state index contributed by atoms with van der Waals surface area (Å²) in [4.78, 5) is 7.39. The lowest BCUT2D eigenvalue weighted by atomic mass is 10.2. The molecule has 1 aliphatic heterocycles. The molecule has 0 aromatic heterocycles. The Balaban J connectivity index is 2.43. The van der Waals surface area contributed by atoms with Gasteiger partial charge in [0.25, 0.3) is 0 Å². The van der Waals surface area contributed by atoms with E-state index in [0.717, 1.165) is 31.5 Å². The first kappa shape index (κ1) is 17.3. The number of aliphatic imine (C=N–C) groups is 1. The van der Waals surface area contributed by atoms with Gasteiger partial charge in [-0.3, -0.25) is 9.89 Å². The second-order valence-electron chi connectivity index (χ2n) is 6.18. The molecule has 1 rings (SSSR count). The maximum atomic E-state index is 4.78. The molecule has 0 aliphatic carbocycles. The Kier molecular flexibility index (Phi) is 8.67. The fraction of sp³-hybridized carbons (Fsp3) is 0.938. The third-order valence-corrected chi connectivity index (χ3v) is 3.73. The van der Waals surface area contributed by atoms with Gasteiger partial charge in [-0.2, -0.15) is 0 Å². The van der Waals surface area contributed by atoms with Crippen molar-refractivity contribution in [3.8, 4) is 0 Å².